The van der Waals surface area contributed by atoms with Crippen LogP contribution in [0.2, 0.25) is 0 Å². The van der Waals surface area contributed by atoms with Gasteiger partial charge in [0.25, 0.3) is 10.1 Å². The smallest absolute Gasteiger partial charge is 0.424 e. The lowest BCUT2D eigenvalue weighted by molar-refractivity contribution is 0.123. The fourth-order valence-corrected chi connectivity index (χ4v) is 2.90. The van der Waals surface area contributed by atoms with Gasteiger partial charge in [-0.15, -0.1) is 0 Å². The number of rotatable bonds is 6. The van der Waals surface area contributed by atoms with Crippen molar-refractivity contribution in [2.45, 2.75) is 37.8 Å². The summed E-state index contributed by atoms with van der Waals surface area (Å²) in [4.78, 5) is 11.7. The van der Waals surface area contributed by atoms with Crippen LogP contribution in [0.1, 0.15) is 19.4 Å². The lowest BCUT2D eigenvalue weighted by Gasteiger charge is -2.23. The second-order valence-electron chi connectivity index (χ2n) is 5.44. The Bertz CT molecular complexity index is 627. The van der Waals surface area contributed by atoms with Crippen molar-refractivity contribution in [2.75, 3.05) is 13.2 Å². The van der Waals surface area contributed by atoms with Crippen LogP contribution in [-0.2, 0) is 19.0 Å². The van der Waals surface area contributed by atoms with E-state index in [2.05, 4.69) is 5.43 Å². The SMILES string of the molecule is Cc1ccc(S(=O)(=O)OCC2COC(=O)N2NC(C)C)cc1. The molecule has 0 aliphatic carbocycles. The summed E-state index contributed by atoms with van der Waals surface area (Å²) in [5.74, 6) is 0. The van der Waals surface area contributed by atoms with Gasteiger partial charge in [-0.3, -0.25) is 4.18 Å². The van der Waals surface area contributed by atoms with Crippen LogP contribution in [0.3, 0.4) is 0 Å². The predicted molar refractivity (Wildman–Crippen MR) is 79.6 cm³/mol. The minimum atomic E-state index is -3.86. The minimum absolute atomic E-state index is 0.0156. The molecule has 7 nitrogen and oxygen atoms in total. The fourth-order valence-electron chi connectivity index (χ4n) is 1.96. The zero-order valence-corrected chi connectivity index (χ0v) is 13.6. The average Bonchev–Trinajstić information content (AvgIpc) is 2.78. The number of amides is 1. The number of hydrazine groups is 1. The Morgan fingerprint density at radius 3 is 2.59 bits per heavy atom. The van der Waals surface area contributed by atoms with Crippen LogP contribution in [-0.4, -0.2) is 44.8 Å². The van der Waals surface area contributed by atoms with Crippen molar-refractivity contribution >= 4 is 16.2 Å². The van der Waals surface area contributed by atoms with Crippen LogP contribution in [0.25, 0.3) is 0 Å². The number of carbonyl (C=O) groups excluding carboxylic acids is 1. The quantitative estimate of drug-likeness (QED) is 0.795. The molecule has 22 heavy (non-hydrogen) atoms. The number of nitrogens with zero attached hydrogens (tertiary/aromatic N) is 1. The molecular formula is C14H20N2O5S. The Hall–Kier alpha value is -1.64. The van der Waals surface area contributed by atoms with Gasteiger partial charge in [0, 0.05) is 6.04 Å². The molecule has 2 rings (SSSR count). The monoisotopic (exact) mass is 328 g/mol. The van der Waals surface area contributed by atoms with Crippen LogP contribution in [0.4, 0.5) is 4.79 Å². The zero-order valence-electron chi connectivity index (χ0n) is 12.8. The maximum atomic E-state index is 12.1. The molecule has 0 aromatic heterocycles. The summed E-state index contributed by atoms with van der Waals surface area (Å²) in [6.45, 7) is 5.52. The molecule has 1 heterocycles. The Morgan fingerprint density at radius 2 is 2.00 bits per heavy atom. The molecule has 0 bridgehead atoms. The maximum Gasteiger partial charge on any atom is 0.424 e. The van der Waals surface area contributed by atoms with Gasteiger partial charge in [0.1, 0.15) is 12.6 Å². The van der Waals surface area contributed by atoms with E-state index in [4.69, 9.17) is 8.92 Å². The molecule has 1 aromatic carbocycles. The lowest BCUT2D eigenvalue weighted by Crippen LogP contribution is -2.49. The summed E-state index contributed by atoms with van der Waals surface area (Å²) in [7, 11) is -3.86. The fraction of sp³-hybridized carbons (Fsp3) is 0.500. The van der Waals surface area contributed by atoms with Gasteiger partial charge in [-0.2, -0.15) is 8.42 Å². The van der Waals surface area contributed by atoms with E-state index in [1.807, 2.05) is 20.8 Å². The molecule has 1 saturated heterocycles. The largest absolute Gasteiger partial charge is 0.446 e. The van der Waals surface area contributed by atoms with Gasteiger partial charge in [0.2, 0.25) is 0 Å². The van der Waals surface area contributed by atoms with Crippen LogP contribution in [0.15, 0.2) is 29.2 Å². The van der Waals surface area contributed by atoms with E-state index in [-0.39, 0.29) is 24.2 Å². The predicted octanol–water partition coefficient (Wildman–Crippen LogP) is 1.43. The third kappa shape index (κ3) is 3.96. The molecule has 1 aliphatic heterocycles. The molecule has 8 heteroatoms. The third-order valence-corrected chi connectivity index (χ3v) is 4.38. The highest BCUT2D eigenvalue weighted by molar-refractivity contribution is 7.86. The number of cyclic esters (lactones) is 1. The van der Waals surface area contributed by atoms with E-state index in [0.717, 1.165) is 5.56 Å². The number of hydrogen-bond acceptors (Lipinski definition) is 6. The number of nitrogens with one attached hydrogen (secondary N) is 1. The van der Waals surface area contributed by atoms with E-state index in [1.54, 1.807) is 12.1 Å². The Labute approximate surface area is 130 Å². The maximum absolute atomic E-state index is 12.1. The number of ether oxygens (including phenoxy) is 1. The van der Waals surface area contributed by atoms with Gasteiger partial charge in [-0.1, -0.05) is 17.7 Å². The van der Waals surface area contributed by atoms with E-state index >= 15 is 0 Å². The highest BCUT2D eigenvalue weighted by atomic mass is 32.2. The lowest BCUT2D eigenvalue weighted by atomic mass is 10.2. The topological polar surface area (TPSA) is 84.9 Å². The first-order chi connectivity index (χ1) is 10.3. The molecule has 122 valence electrons. The van der Waals surface area contributed by atoms with Crippen LogP contribution < -0.4 is 5.43 Å². The minimum Gasteiger partial charge on any atom is -0.446 e. The average molecular weight is 328 g/mol. The normalized spacial score (nSPS) is 18.8. The van der Waals surface area contributed by atoms with Crippen molar-refractivity contribution in [3.05, 3.63) is 29.8 Å². The molecule has 1 fully saturated rings. The standard InChI is InChI=1S/C14H20N2O5S/c1-10(2)15-16-12(8-20-14(16)17)9-21-22(18,19)13-6-4-11(3)5-7-13/h4-7,10,12,15H,8-9H2,1-3H3. The summed E-state index contributed by atoms with van der Waals surface area (Å²) >= 11 is 0. The van der Waals surface area contributed by atoms with E-state index in [9.17, 15) is 13.2 Å². The second kappa shape index (κ2) is 6.64. The third-order valence-electron chi connectivity index (χ3n) is 3.08. The molecule has 1 aliphatic rings. The Kier molecular flexibility index (Phi) is 5.05. The number of benzene rings is 1. The van der Waals surface area contributed by atoms with Crippen molar-refractivity contribution in [3.8, 4) is 0 Å². The second-order valence-corrected chi connectivity index (χ2v) is 7.05. The Morgan fingerprint density at radius 1 is 1.36 bits per heavy atom. The molecule has 1 atom stereocenters. The first-order valence-corrected chi connectivity index (χ1v) is 8.38. The van der Waals surface area contributed by atoms with E-state index < -0.39 is 22.3 Å². The zero-order chi connectivity index (χ0) is 16.3. The van der Waals surface area contributed by atoms with E-state index in [0.29, 0.717) is 0 Å². The highest BCUT2D eigenvalue weighted by Gasteiger charge is 2.35. The molecule has 1 amide bonds. The first-order valence-electron chi connectivity index (χ1n) is 6.98. The van der Waals surface area contributed by atoms with Crippen LogP contribution in [0.5, 0.6) is 0 Å². The number of aryl methyl sites for hydroxylation is 1. The van der Waals surface area contributed by atoms with Crippen molar-refractivity contribution in [3.63, 3.8) is 0 Å². The number of hydrogen-bond donors (Lipinski definition) is 1. The number of carbonyl (C=O) groups is 1. The van der Waals surface area contributed by atoms with Gasteiger partial charge >= 0.3 is 6.09 Å². The van der Waals surface area contributed by atoms with Gasteiger partial charge in [0.05, 0.1) is 11.5 Å². The van der Waals surface area contributed by atoms with Gasteiger partial charge in [0.15, 0.2) is 0 Å². The van der Waals surface area contributed by atoms with Crippen LogP contribution >= 0.6 is 0 Å². The molecule has 0 radical (unpaired) electrons. The summed E-state index contributed by atoms with van der Waals surface area (Å²) in [5.41, 5.74) is 3.87. The summed E-state index contributed by atoms with van der Waals surface area (Å²) in [5, 5.41) is 1.27. The first kappa shape index (κ1) is 16.7. The molecular weight excluding hydrogens is 308 g/mol. The Balaban J connectivity index is 2.02. The van der Waals surface area contributed by atoms with Crippen molar-refractivity contribution in [2.24, 2.45) is 0 Å². The van der Waals surface area contributed by atoms with Crippen molar-refractivity contribution in [1.29, 1.82) is 0 Å². The van der Waals surface area contributed by atoms with Crippen molar-refractivity contribution in [1.82, 2.24) is 10.4 Å². The van der Waals surface area contributed by atoms with Gasteiger partial charge < -0.3 is 4.74 Å². The summed E-state index contributed by atoms with van der Waals surface area (Å²) < 4.78 is 34.2. The van der Waals surface area contributed by atoms with E-state index in [1.165, 1.54) is 17.1 Å². The molecule has 0 saturated carbocycles. The van der Waals surface area contributed by atoms with Crippen LogP contribution in [0, 0.1) is 6.92 Å². The molecule has 1 aromatic rings. The summed E-state index contributed by atoms with van der Waals surface area (Å²) in [6, 6.07) is 5.91. The molecule has 1 N–H and O–H groups in total. The van der Waals surface area contributed by atoms with Gasteiger partial charge in [-0.05, 0) is 32.9 Å². The summed E-state index contributed by atoms with van der Waals surface area (Å²) in [6.07, 6.45) is -0.532. The molecule has 1 unspecified atom stereocenters. The molecule has 0 spiro atoms. The highest BCUT2D eigenvalue weighted by Crippen LogP contribution is 2.16. The van der Waals surface area contributed by atoms with Gasteiger partial charge in [-0.25, -0.2) is 15.2 Å². The van der Waals surface area contributed by atoms with Crippen molar-refractivity contribution < 1.29 is 22.1 Å².